The summed E-state index contributed by atoms with van der Waals surface area (Å²) in [5.41, 5.74) is 1.10. The van der Waals surface area contributed by atoms with Crippen LogP contribution in [0.3, 0.4) is 0 Å². The zero-order valence-electron chi connectivity index (χ0n) is 8.86. The van der Waals surface area contributed by atoms with E-state index in [1.165, 1.54) is 0 Å². The van der Waals surface area contributed by atoms with Gasteiger partial charge in [0.05, 0.1) is 12.5 Å². The van der Waals surface area contributed by atoms with Gasteiger partial charge in [-0.15, -0.1) is 11.8 Å². The zero-order valence-corrected chi connectivity index (χ0v) is 9.67. The highest BCUT2D eigenvalue weighted by Gasteiger charge is 2.23. The molecular weight excluding hydrogens is 210 g/mol. The first-order valence-corrected chi connectivity index (χ1v) is 5.90. The molecule has 82 valence electrons. The Balaban J connectivity index is 2.19. The molecule has 1 aromatic rings. The van der Waals surface area contributed by atoms with E-state index in [1.54, 1.807) is 19.2 Å². The fraction of sp³-hybridized carbons (Fsp3) is 0.455. The van der Waals surface area contributed by atoms with E-state index in [-0.39, 0.29) is 11.1 Å². The summed E-state index contributed by atoms with van der Waals surface area (Å²) < 4.78 is 5.01. The van der Waals surface area contributed by atoms with Crippen LogP contribution in [0.1, 0.15) is 17.9 Å². The van der Waals surface area contributed by atoms with Crippen molar-refractivity contribution in [3.05, 3.63) is 23.8 Å². The molecule has 2 unspecified atom stereocenters. The first kappa shape index (κ1) is 10.6. The number of phenols is 1. The van der Waals surface area contributed by atoms with Crippen LogP contribution >= 0.6 is 11.8 Å². The number of rotatable bonds is 2. The monoisotopic (exact) mass is 225 g/mol. The first-order chi connectivity index (χ1) is 7.20. The van der Waals surface area contributed by atoms with Gasteiger partial charge in [0.2, 0.25) is 0 Å². The standard InChI is InChI=1S/C11H15NO2S/c1-7-6-12-11(15-7)8-3-4-10(14-2)9(13)5-8/h3-5,7,11-13H,6H2,1-2H3. The summed E-state index contributed by atoms with van der Waals surface area (Å²) >= 11 is 1.88. The van der Waals surface area contributed by atoms with E-state index >= 15 is 0 Å². The third-order valence-electron chi connectivity index (χ3n) is 2.46. The van der Waals surface area contributed by atoms with Crippen molar-refractivity contribution >= 4 is 11.8 Å². The number of methoxy groups -OCH3 is 1. The molecule has 1 aliphatic rings. The molecule has 1 aromatic carbocycles. The minimum atomic E-state index is 0.206. The maximum Gasteiger partial charge on any atom is 0.160 e. The maximum absolute atomic E-state index is 9.66. The fourth-order valence-corrected chi connectivity index (χ4v) is 2.82. The quantitative estimate of drug-likeness (QED) is 0.809. The van der Waals surface area contributed by atoms with Gasteiger partial charge >= 0.3 is 0 Å². The van der Waals surface area contributed by atoms with Crippen LogP contribution in [-0.4, -0.2) is 24.0 Å². The van der Waals surface area contributed by atoms with Crippen molar-refractivity contribution in [2.75, 3.05) is 13.7 Å². The average Bonchev–Trinajstić information content (AvgIpc) is 2.65. The van der Waals surface area contributed by atoms with Crippen LogP contribution in [0.15, 0.2) is 18.2 Å². The van der Waals surface area contributed by atoms with Crippen LogP contribution in [0, 0.1) is 0 Å². The fourth-order valence-electron chi connectivity index (χ4n) is 1.67. The molecule has 1 heterocycles. The normalized spacial score (nSPS) is 25.5. The molecule has 0 amide bonds. The number of phenolic OH excluding ortho intramolecular Hbond substituents is 1. The van der Waals surface area contributed by atoms with Crippen LogP contribution in [0.5, 0.6) is 11.5 Å². The Morgan fingerprint density at radius 2 is 2.33 bits per heavy atom. The van der Waals surface area contributed by atoms with Crippen LogP contribution in [0.2, 0.25) is 0 Å². The summed E-state index contributed by atoms with van der Waals surface area (Å²) in [6, 6.07) is 5.55. The molecule has 1 saturated heterocycles. The summed E-state index contributed by atoms with van der Waals surface area (Å²) in [7, 11) is 1.55. The summed E-state index contributed by atoms with van der Waals surface area (Å²) in [6.07, 6.45) is 0. The topological polar surface area (TPSA) is 41.5 Å². The predicted octanol–water partition coefficient (Wildman–Crippen LogP) is 2.12. The van der Waals surface area contributed by atoms with E-state index < -0.39 is 0 Å². The Morgan fingerprint density at radius 1 is 1.53 bits per heavy atom. The molecule has 0 spiro atoms. The second kappa shape index (κ2) is 4.33. The number of hydrogen-bond donors (Lipinski definition) is 2. The molecule has 4 heteroatoms. The van der Waals surface area contributed by atoms with Gasteiger partial charge in [-0.2, -0.15) is 0 Å². The molecule has 2 N–H and O–H groups in total. The predicted molar refractivity (Wildman–Crippen MR) is 62.5 cm³/mol. The van der Waals surface area contributed by atoms with E-state index in [1.807, 2.05) is 17.8 Å². The number of nitrogens with one attached hydrogen (secondary N) is 1. The molecule has 2 rings (SSSR count). The van der Waals surface area contributed by atoms with Gasteiger partial charge in [-0.1, -0.05) is 13.0 Å². The van der Waals surface area contributed by atoms with Gasteiger partial charge in [0.25, 0.3) is 0 Å². The number of thioether (sulfide) groups is 1. The third-order valence-corrected chi connectivity index (χ3v) is 3.81. The van der Waals surface area contributed by atoms with E-state index in [0.717, 1.165) is 12.1 Å². The lowest BCUT2D eigenvalue weighted by Crippen LogP contribution is -2.13. The van der Waals surface area contributed by atoms with Crippen molar-refractivity contribution in [1.82, 2.24) is 5.32 Å². The van der Waals surface area contributed by atoms with Crippen LogP contribution < -0.4 is 10.1 Å². The second-order valence-corrected chi connectivity index (χ2v) is 5.21. The van der Waals surface area contributed by atoms with Gasteiger partial charge in [-0.3, -0.25) is 0 Å². The molecule has 3 nitrogen and oxygen atoms in total. The molecule has 0 radical (unpaired) electrons. The van der Waals surface area contributed by atoms with E-state index in [2.05, 4.69) is 12.2 Å². The molecule has 15 heavy (non-hydrogen) atoms. The van der Waals surface area contributed by atoms with Gasteiger partial charge < -0.3 is 15.2 Å². The summed E-state index contributed by atoms with van der Waals surface area (Å²) in [5.74, 6) is 0.728. The molecule has 0 bridgehead atoms. The summed E-state index contributed by atoms with van der Waals surface area (Å²) in [4.78, 5) is 0. The van der Waals surface area contributed by atoms with Crippen LogP contribution in [0.4, 0.5) is 0 Å². The number of benzene rings is 1. The van der Waals surface area contributed by atoms with Crippen molar-refractivity contribution in [1.29, 1.82) is 0 Å². The van der Waals surface area contributed by atoms with Crippen molar-refractivity contribution in [3.8, 4) is 11.5 Å². The van der Waals surface area contributed by atoms with E-state index in [4.69, 9.17) is 4.74 Å². The third kappa shape index (κ3) is 2.21. The molecule has 0 aliphatic carbocycles. The van der Waals surface area contributed by atoms with E-state index in [0.29, 0.717) is 11.0 Å². The van der Waals surface area contributed by atoms with E-state index in [9.17, 15) is 5.11 Å². The molecule has 0 saturated carbocycles. The molecule has 2 atom stereocenters. The highest BCUT2D eigenvalue weighted by Crippen LogP contribution is 2.37. The maximum atomic E-state index is 9.66. The summed E-state index contributed by atoms with van der Waals surface area (Å²) in [6.45, 7) is 3.21. The smallest absolute Gasteiger partial charge is 0.160 e. The molecule has 1 aliphatic heterocycles. The zero-order chi connectivity index (χ0) is 10.8. The lowest BCUT2D eigenvalue weighted by Gasteiger charge is -2.11. The highest BCUT2D eigenvalue weighted by molar-refractivity contribution is 8.00. The number of hydrogen-bond acceptors (Lipinski definition) is 4. The number of ether oxygens (including phenoxy) is 1. The Kier molecular flexibility index (Phi) is 3.07. The molecule has 0 aromatic heterocycles. The highest BCUT2D eigenvalue weighted by atomic mass is 32.2. The summed E-state index contributed by atoms with van der Waals surface area (Å²) in [5, 5.41) is 14.0. The molecule has 1 fully saturated rings. The minimum absolute atomic E-state index is 0.206. The van der Waals surface area contributed by atoms with Gasteiger partial charge in [0, 0.05) is 11.8 Å². The van der Waals surface area contributed by atoms with Crippen molar-refractivity contribution in [3.63, 3.8) is 0 Å². The molecular formula is C11H15NO2S. The van der Waals surface area contributed by atoms with Gasteiger partial charge in [-0.05, 0) is 17.7 Å². The Morgan fingerprint density at radius 3 is 2.87 bits per heavy atom. The first-order valence-electron chi connectivity index (χ1n) is 4.96. The Bertz CT molecular complexity index is 356. The van der Waals surface area contributed by atoms with Crippen molar-refractivity contribution in [2.24, 2.45) is 0 Å². The average molecular weight is 225 g/mol. The lowest BCUT2D eigenvalue weighted by atomic mass is 10.2. The van der Waals surface area contributed by atoms with Crippen LogP contribution in [-0.2, 0) is 0 Å². The Hall–Kier alpha value is -0.870. The lowest BCUT2D eigenvalue weighted by molar-refractivity contribution is 0.373. The minimum Gasteiger partial charge on any atom is -0.504 e. The number of aromatic hydroxyl groups is 1. The second-order valence-electron chi connectivity index (χ2n) is 3.67. The Labute approximate surface area is 93.8 Å². The largest absolute Gasteiger partial charge is 0.504 e. The van der Waals surface area contributed by atoms with Crippen LogP contribution in [0.25, 0.3) is 0 Å². The van der Waals surface area contributed by atoms with Crippen molar-refractivity contribution < 1.29 is 9.84 Å². The van der Waals surface area contributed by atoms with Gasteiger partial charge in [0.15, 0.2) is 11.5 Å². The SMILES string of the molecule is COc1ccc(C2NCC(C)S2)cc1O. The van der Waals surface area contributed by atoms with Gasteiger partial charge in [0.1, 0.15) is 0 Å². The van der Waals surface area contributed by atoms with Crippen molar-refractivity contribution in [2.45, 2.75) is 17.5 Å². The van der Waals surface area contributed by atoms with Gasteiger partial charge in [-0.25, -0.2) is 0 Å².